The summed E-state index contributed by atoms with van der Waals surface area (Å²) in [5.74, 6) is 2.23. The molecule has 0 aliphatic carbocycles. The second-order valence-electron chi connectivity index (χ2n) is 5.20. The Morgan fingerprint density at radius 3 is 1.96 bits per heavy atom. The number of nitrogens with zero attached hydrogens (tertiary/aromatic N) is 2. The van der Waals surface area contributed by atoms with Crippen molar-refractivity contribution in [2.24, 2.45) is 0 Å². The van der Waals surface area contributed by atoms with E-state index in [9.17, 15) is 0 Å². The summed E-state index contributed by atoms with van der Waals surface area (Å²) < 4.78 is 10.4. The van der Waals surface area contributed by atoms with Crippen LogP contribution in [0.2, 0.25) is 0 Å². The van der Waals surface area contributed by atoms with Crippen LogP contribution in [-0.4, -0.2) is 24.2 Å². The Balaban J connectivity index is 2.07. The Hall–Kier alpha value is -3.26. The van der Waals surface area contributed by atoms with Gasteiger partial charge in [0.05, 0.1) is 38.1 Å². The Kier molecular flexibility index (Phi) is 4.48. The smallest absolute Gasteiger partial charge is 0.121 e. The average Bonchev–Trinajstić information content (AvgIpc) is 3.06. The van der Waals surface area contributed by atoms with Gasteiger partial charge >= 0.3 is 0 Å². The van der Waals surface area contributed by atoms with Gasteiger partial charge in [0.15, 0.2) is 0 Å². The van der Waals surface area contributed by atoms with Gasteiger partial charge in [0.2, 0.25) is 0 Å². The van der Waals surface area contributed by atoms with Crippen LogP contribution in [0, 0.1) is 11.3 Å². The van der Waals surface area contributed by atoms with E-state index in [0.29, 0.717) is 5.82 Å². The number of H-pyrrole nitrogens is 1. The van der Waals surface area contributed by atoms with Crippen molar-refractivity contribution in [3.8, 4) is 40.1 Å². The standard InChI is InChI=1S/C19H17N3O2/c1-23-15-7-3-13(4-8-15)18-19(22-17(21-18)11-12-20)14-5-9-16(24-2)10-6-14/h3-10H,11H2,1-2H3,(H,21,22). The third-order valence-corrected chi connectivity index (χ3v) is 3.74. The van der Waals surface area contributed by atoms with E-state index in [1.165, 1.54) is 0 Å². The van der Waals surface area contributed by atoms with Crippen molar-refractivity contribution in [2.75, 3.05) is 14.2 Å². The lowest BCUT2D eigenvalue weighted by Crippen LogP contribution is -1.87. The van der Waals surface area contributed by atoms with Crippen molar-refractivity contribution in [3.63, 3.8) is 0 Å². The molecule has 0 amide bonds. The third kappa shape index (κ3) is 3.08. The minimum Gasteiger partial charge on any atom is -0.497 e. The van der Waals surface area contributed by atoms with Crippen LogP contribution in [0.4, 0.5) is 0 Å². The number of nitriles is 1. The van der Waals surface area contributed by atoms with Gasteiger partial charge in [0.25, 0.3) is 0 Å². The maximum Gasteiger partial charge on any atom is 0.121 e. The topological polar surface area (TPSA) is 70.9 Å². The Morgan fingerprint density at radius 2 is 1.46 bits per heavy atom. The molecule has 3 rings (SSSR count). The van der Waals surface area contributed by atoms with Gasteiger partial charge in [-0.2, -0.15) is 5.26 Å². The lowest BCUT2D eigenvalue weighted by atomic mass is 10.0. The quantitative estimate of drug-likeness (QED) is 0.776. The fourth-order valence-electron chi connectivity index (χ4n) is 2.51. The fourth-order valence-corrected chi connectivity index (χ4v) is 2.51. The Bertz CT molecular complexity index is 794. The molecule has 0 saturated carbocycles. The second kappa shape index (κ2) is 6.88. The van der Waals surface area contributed by atoms with E-state index in [1.54, 1.807) is 14.2 Å². The minimum absolute atomic E-state index is 0.235. The summed E-state index contributed by atoms with van der Waals surface area (Å²) in [6.45, 7) is 0. The molecule has 5 nitrogen and oxygen atoms in total. The van der Waals surface area contributed by atoms with Crippen molar-refractivity contribution < 1.29 is 9.47 Å². The van der Waals surface area contributed by atoms with Gasteiger partial charge in [0.1, 0.15) is 17.3 Å². The minimum atomic E-state index is 0.235. The maximum atomic E-state index is 8.95. The second-order valence-corrected chi connectivity index (χ2v) is 5.20. The SMILES string of the molecule is COc1ccc(-c2nc(CC#N)[nH]c2-c2ccc(OC)cc2)cc1. The van der Waals surface area contributed by atoms with E-state index in [0.717, 1.165) is 34.0 Å². The average molecular weight is 319 g/mol. The molecule has 120 valence electrons. The molecule has 5 heteroatoms. The fraction of sp³-hybridized carbons (Fsp3) is 0.158. The predicted molar refractivity (Wildman–Crippen MR) is 91.9 cm³/mol. The van der Waals surface area contributed by atoms with Gasteiger partial charge in [-0.3, -0.25) is 0 Å². The molecule has 0 atom stereocenters. The molecule has 1 N–H and O–H groups in total. The summed E-state index contributed by atoms with van der Waals surface area (Å²) >= 11 is 0. The number of nitrogens with one attached hydrogen (secondary N) is 1. The zero-order valence-electron chi connectivity index (χ0n) is 13.5. The van der Waals surface area contributed by atoms with Gasteiger partial charge in [0, 0.05) is 11.1 Å². The van der Waals surface area contributed by atoms with Crippen LogP contribution in [-0.2, 0) is 6.42 Å². The predicted octanol–water partition coefficient (Wildman–Crippen LogP) is 3.83. The molecule has 0 unspecified atom stereocenters. The van der Waals surface area contributed by atoms with Crippen molar-refractivity contribution in [3.05, 3.63) is 54.4 Å². The van der Waals surface area contributed by atoms with E-state index in [4.69, 9.17) is 14.7 Å². The molecule has 0 spiro atoms. The highest BCUT2D eigenvalue weighted by atomic mass is 16.5. The number of rotatable bonds is 5. The van der Waals surface area contributed by atoms with E-state index < -0.39 is 0 Å². The Morgan fingerprint density at radius 1 is 0.917 bits per heavy atom. The highest BCUT2D eigenvalue weighted by Crippen LogP contribution is 2.32. The number of benzene rings is 2. The number of hydrogen-bond donors (Lipinski definition) is 1. The highest BCUT2D eigenvalue weighted by Gasteiger charge is 2.14. The lowest BCUT2D eigenvalue weighted by Gasteiger charge is -2.06. The third-order valence-electron chi connectivity index (χ3n) is 3.74. The molecular weight excluding hydrogens is 302 g/mol. The van der Waals surface area contributed by atoms with E-state index in [2.05, 4.69) is 16.0 Å². The summed E-state index contributed by atoms with van der Waals surface area (Å²) in [6.07, 6.45) is 0.235. The highest BCUT2D eigenvalue weighted by molar-refractivity contribution is 5.79. The largest absolute Gasteiger partial charge is 0.497 e. The van der Waals surface area contributed by atoms with Gasteiger partial charge in [-0.1, -0.05) is 0 Å². The summed E-state index contributed by atoms with van der Waals surface area (Å²) in [5, 5.41) is 8.95. The van der Waals surface area contributed by atoms with Gasteiger partial charge in [-0.15, -0.1) is 0 Å². The maximum absolute atomic E-state index is 8.95. The molecule has 2 aromatic carbocycles. The molecule has 24 heavy (non-hydrogen) atoms. The summed E-state index contributed by atoms with van der Waals surface area (Å²) in [6, 6.07) is 17.6. The van der Waals surface area contributed by atoms with Gasteiger partial charge in [-0.25, -0.2) is 4.98 Å². The normalized spacial score (nSPS) is 10.2. The molecule has 0 aliphatic rings. The molecule has 1 heterocycles. The van der Waals surface area contributed by atoms with Crippen LogP contribution in [0.25, 0.3) is 22.5 Å². The number of methoxy groups -OCH3 is 2. The zero-order chi connectivity index (χ0) is 16.9. The van der Waals surface area contributed by atoms with Crippen LogP contribution in [0.3, 0.4) is 0 Å². The van der Waals surface area contributed by atoms with Crippen molar-refractivity contribution in [1.82, 2.24) is 9.97 Å². The first kappa shape index (κ1) is 15.6. The van der Waals surface area contributed by atoms with E-state index in [-0.39, 0.29) is 6.42 Å². The first-order chi connectivity index (χ1) is 11.7. The number of aromatic amines is 1. The number of hydrogen-bond acceptors (Lipinski definition) is 4. The van der Waals surface area contributed by atoms with Crippen molar-refractivity contribution in [1.29, 1.82) is 5.26 Å². The number of aromatic nitrogens is 2. The summed E-state index contributed by atoms with van der Waals surface area (Å²) in [4.78, 5) is 7.85. The van der Waals surface area contributed by atoms with Gasteiger partial charge < -0.3 is 14.5 Å². The number of ether oxygens (including phenoxy) is 2. The van der Waals surface area contributed by atoms with E-state index >= 15 is 0 Å². The first-order valence-corrected chi connectivity index (χ1v) is 7.50. The summed E-state index contributed by atoms with van der Waals surface area (Å²) in [7, 11) is 3.27. The van der Waals surface area contributed by atoms with E-state index in [1.807, 2.05) is 48.5 Å². The molecule has 1 aromatic heterocycles. The molecule has 0 radical (unpaired) electrons. The van der Waals surface area contributed by atoms with Crippen LogP contribution >= 0.6 is 0 Å². The number of imidazole rings is 1. The molecule has 0 aliphatic heterocycles. The van der Waals surface area contributed by atoms with Gasteiger partial charge in [-0.05, 0) is 48.5 Å². The van der Waals surface area contributed by atoms with Crippen molar-refractivity contribution >= 4 is 0 Å². The van der Waals surface area contributed by atoms with Crippen molar-refractivity contribution in [2.45, 2.75) is 6.42 Å². The van der Waals surface area contributed by atoms with Crippen LogP contribution in [0.15, 0.2) is 48.5 Å². The zero-order valence-corrected chi connectivity index (χ0v) is 13.5. The monoisotopic (exact) mass is 319 g/mol. The molecule has 3 aromatic rings. The molecule has 0 fully saturated rings. The van der Waals surface area contributed by atoms with Crippen LogP contribution < -0.4 is 9.47 Å². The van der Waals surface area contributed by atoms with Crippen LogP contribution in [0.5, 0.6) is 11.5 Å². The molecular formula is C19H17N3O2. The Labute approximate surface area is 140 Å². The van der Waals surface area contributed by atoms with Crippen LogP contribution in [0.1, 0.15) is 5.82 Å². The summed E-state index contributed by atoms with van der Waals surface area (Å²) in [5.41, 5.74) is 3.64. The lowest BCUT2D eigenvalue weighted by molar-refractivity contribution is 0.414. The molecule has 0 saturated heterocycles. The molecule has 0 bridgehead atoms. The first-order valence-electron chi connectivity index (χ1n) is 7.50.